The van der Waals surface area contributed by atoms with Gasteiger partial charge in [0, 0.05) is 10.6 Å². The predicted octanol–water partition coefficient (Wildman–Crippen LogP) is 3.90. The Labute approximate surface area is 117 Å². The van der Waals surface area contributed by atoms with Crippen molar-refractivity contribution in [1.29, 1.82) is 0 Å². The molecule has 0 heterocycles. The monoisotopic (exact) mass is 280 g/mol. The number of carboxylic acid groups (broad SMARTS) is 1. The molecule has 102 valence electrons. The second-order valence-corrected chi connectivity index (χ2v) is 5.73. The van der Waals surface area contributed by atoms with Gasteiger partial charge in [0.2, 0.25) is 0 Å². The van der Waals surface area contributed by atoms with Crippen LogP contribution in [-0.2, 0) is 4.79 Å². The fourth-order valence-electron chi connectivity index (χ4n) is 2.69. The first-order chi connectivity index (χ1) is 8.99. The summed E-state index contributed by atoms with van der Waals surface area (Å²) in [6, 6.07) is 4.85. The van der Waals surface area contributed by atoms with Gasteiger partial charge in [-0.05, 0) is 36.3 Å². The first-order valence-corrected chi connectivity index (χ1v) is 6.94. The minimum absolute atomic E-state index is 0.144. The van der Waals surface area contributed by atoms with Gasteiger partial charge in [-0.3, -0.25) is 4.79 Å². The maximum Gasteiger partial charge on any atom is 0.377 e. The van der Waals surface area contributed by atoms with Crippen LogP contribution in [0.15, 0.2) is 18.2 Å². The van der Waals surface area contributed by atoms with Gasteiger partial charge in [-0.2, -0.15) is 0 Å². The third kappa shape index (κ3) is 3.16. The molecule has 0 bridgehead atoms. The first kappa shape index (κ1) is 14.1. The lowest BCUT2D eigenvalue weighted by Crippen LogP contribution is -2.14. The van der Waals surface area contributed by atoms with Crippen LogP contribution in [0.1, 0.15) is 54.4 Å². The van der Waals surface area contributed by atoms with Crippen molar-refractivity contribution in [3.63, 3.8) is 0 Å². The SMILES string of the molecule is CC1CCC(c2ccc(C(=O)C(=O)O)cc2Cl)CC1. The van der Waals surface area contributed by atoms with Gasteiger partial charge in [-0.25, -0.2) is 4.79 Å². The summed E-state index contributed by atoms with van der Waals surface area (Å²) in [5.41, 5.74) is 1.18. The zero-order valence-corrected chi connectivity index (χ0v) is 11.6. The van der Waals surface area contributed by atoms with E-state index in [9.17, 15) is 9.59 Å². The van der Waals surface area contributed by atoms with E-state index in [1.165, 1.54) is 18.9 Å². The normalized spacial score (nSPS) is 23.1. The van der Waals surface area contributed by atoms with Gasteiger partial charge in [0.25, 0.3) is 5.78 Å². The van der Waals surface area contributed by atoms with Gasteiger partial charge in [0.15, 0.2) is 0 Å². The summed E-state index contributed by atoms with van der Waals surface area (Å²) in [6.07, 6.45) is 4.59. The molecule has 19 heavy (non-hydrogen) atoms. The summed E-state index contributed by atoms with van der Waals surface area (Å²) < 4.78 is 0. The van der Waals surface area contributed by atoms with E-state index in [2.05, 4.69) is 6.92 Å². The Hall–Kier alpha value is -1.35. The van der Waals surface area contributed by atoms with E-state index in [1.807, 2.05) is 0 Å². The van der Waals surface area contributed by atoms with Gasteiger partial charge >= 0.3 is 5.97 Å². The standard InChI is InChI=1S/C15H17ClO3/c1-9-2-4-10(5-3-9)12-7-6-11(8-13(12)16)14(17)15(18)19/h6-10H,2-5H2,1H3,(H,18,19). The van der Waals surface area contributed by atoms with Gasteiger partial charge in [-0.1, -0.05) is 43.5 Å². The molecule has 1 aromatic carbocycles. The highest BCUT2D eigenvalue weighted by Gasteiger charge is 2.23. The van der Waals surface area contributed by atoms with Crippen LogP contribution < -0.4 is 0 Å². The summed E-state index contributed by atoms with van der Waals surface area (Å²) >= 11 is 6.20. The number of ketones is 1. The molecular weight excluding hydrogens is 264 g/mol. The molecule has 3 nitrogen and oxygen atoms in total. The number of carbonyl (C=O) groups is 2. The van der Waals surface area contributed by atoms with Crippen molar-refractivity contribution < 1.29 is 14.7 Å². The molecule has 0 spiro atoms. The maximum atomic E-state index is 11.4. The molecule has 1 fully saturated rings. The van der Waals surface area contributed by atoms with Crippen LogP contribution in [0.4, 0.5) is 0 Å². The lowest BCUT2D eigenvalue weighted by molar-refractivity contribution is -0.131. The van der Waals surface area contributed by atoms with Crippen LogP contribution in [0.3, 0.4) is 0 Å². The molecule has 0 radical (unpaired) electrons. The molecule has 1 saturated carbocycles. The van der Waals surface area contributed by atoms with Crippen molar-refractivity contribution in [3.05, 3.63) is 34.3 Å². The molecule has 2 rings (SSSR count). The van der Waals surface area contributed by atoms with E-state index in [0.717, 1.165) is 24.3 Å². The number of carbonyl (C=O) groups excluding carboxylic acids is 1. The van der Waals surface area contributed by atoms with Gasteiger partial charge in [-0.15, -0.1) is 0 Å². The zero-order valence-electron chi connectivity index (χ0n) is 10.9. The summed E-state index contributed by atoms with van der Waals surface area (Å²) in [6.45, 7) is 2.26. The highest BCUT2D eigenvalue weighted by atomic mass is 35.5. The number of benzene rings is 1. The van der Waals surface area contributed by atoms with E-state index in [4.69, 9.17) is 16.7 Å². The Bertz CT molecular complexity index is 502. The molecule has 0 amide bonds. The number of hydrogen-bond acceptors (Lipinski definition) is 2. The first-order valence-electron chi connectivity index (χ1n) is 6.56. The minimum Gasteiger partial charge on any atom is -0.475 e. The molecule has 4 heteroatoms. The number of Topliss-reactive ketones (excluding diaryl/α,β-unsaturated/α-hetero) is 1. The summed E-state index contributed by atoms with van der Waals surface area (Å²) in [7, 11) is 0. The third-order valence-electron chi connectivity index (χ3n) is 3.91. The van der Waals surface area contributed by atoms with Crippen LogP contribution in [0.2, 0.25) is 5.02 Å². The van der Waals surface area contributed by atoms with Crippen molar-refractivity contribution in [2.45, 2.75) is 38.5 Å². The Morgan fingerprint density at radius 3 is 2.37 bits per heavy atom. The Balaban J connectivity index is 2.20. The molecule has 1 aliphatic carbocycles. The smallest absolute Gasteiger partial charge is 0.377 e. The lowest BCUT2D eigenvalue weighted by Gasteiger charge is -2.27. The Morgan fingerprint density at radius 2 is 1.84 bits per heavy atom. The summed E-state index contributed by atoms with van der Waals surface area (Å²) in [5, 5.41) is 9.19. The van der Waals surface area contributed by atoms with Gasteiger partial charge in [0.1, 0.15) is 0 Å². The van der Waals surface area contributed by atoms with E-state index >= 15 is 0 Å². The Kier molecular flexibility index (Phi) is 4.25. The highest BCUT2D eigenvalue weighted by molar-refractivity contribution is 6.40. The minimum atomic E-state index is -1.45. The van der Waals surface area contributed by atoms with Crippen LogP contribution in [0.25, 0.3) is 0 Å². The van der Waals surface area contributed by atoms with E-state index < -0.39 is 11.8 Å². The van der Waals surface area contributed by atoms with Crippen molar-refractivity contribution in [3.8, 4) is 0 Å². The molecule has 0 saturated heterocycles. The maximum absolute atomic E-state index is 11.4. The van der Waals surface area contributed by atoms with Crippen LogP contribution >= 0.6 is 11.6 Å². The lowest BCUT2D eigenvalue weighted by atomic mass is 9.79. The highest BCUT2D eigenvalue weighted by Crippen LogP contribution is 2.38. The zero-order chi connectivity index (χ0) is 14.0. The second-order valence-electron chi connectivity index (χ2n) is 5.33. The Morgan fingerprint density at radius 1 is 1.21 bits per heavy atom. The van der Waals surface area contributed by atoms with Crippen molar-refractivity contribution >= 4 is 23.4 Å². The topological polar surface area (TPSA) is 54.4 Å². The largest absolute Gasteiger partial charge is 0.475 e. The van der Waals surface area contributed by atoms with Crippen LogP contribution in [0, 0.1) is 5.92 Å². The van der Waals surface area contributed by atoms with E-state index in [1.54, 1.807) is 12.1 Å². The molecule has 0 unspecified atom stereocenters. The molecule has 1 N–H and O–H groups in total. The molecule has 1 aliphatic rings. The predicted molar refractivity (Wildman–Crippen MR) is 73.8 cm³/mol. The van der Waals surface area contributed by atoms with Crippen LogP contribution in [0.5, 0.6) is 0 Å². The number of rotatable bonds is 3. The average molecular weight is 281 g/mol. The second kappa shape index (κ2) is 5.74. The average Bonchev–Trinajstić information content (AvgIpc) is 2.39. The van der Waals surface area contributed by atoms with E-state index in [-0.39, 0.29) is 5.56 Å². The third-order valence-corrected chi connectivity index (χ3v) is 4.24. The number of carboxylic acids is 1. The molecule has 0 atom stereocenters. The fourth-order valence-corrected chi connectivity index (χ4v) is 3.03. The summed E-state index contributed by atoms with van der Waals surface area (Å²) in [5.74, 6) is -1.17. The molecule has 1 aromatic rings. The van der Waals surface area contributed by atoms with Crippen molar-refractivity contribution in [2.75, 3.05) is 0 Å². The quantitative estimate of drug-likeness (QED) is 0.675. The van der Waals surface area contributed by atoms with Crippen molar-refractivity contribution in [2.24, 2.45) is 5.92 Å². The van der Waals surface area contributed by atoms with Gasteiger partial charge < -0.3 is 5.11 Å². The fraction of sp³-hybridized carbons (Fsp3) is 0.467. The van der Waals surface area contributed by atoms with Gasteiger partial charge in [0.05, 0.1) is 0 Å². The van der Waals surface area contributed by atoms with E-state index in [0.29, 0.717) is 10.9 Å². The molecule has 0 aromatic heterocycles. The number of hydrogen-bond donors (Lipinski definition) is 1. The number of halogens is 1. The van der Waals surface area contributed by atoms with Crippen LogP contribution in [-0.4, -0.2) is 16.9 Å². The molecular formula is C15H17ClO3. The van der Waals surface area contributed by atoms with Crippen molar-refractivity contribution in [1.82, 2.24) is 0 Å². The number of aliphatic carboxylic acids is 1. The summed E-state index contributed by atoms with van der Waals surface area (Å²) in [4.78, 5) is 22.0. The molecule has 0 aliphatic heterocycles.